The van der Waals surface area contributed by atoms with Crippen molar-refractivity contribution in [2.45, 2.75) is 37.6 Å². The third kappa shape index (κ3) is 4.95. The molecule has 0 unspecified atom stereocenters. The molecule has 0 aliphatic heterocycles. The molecule has 26 heavy (non-hydrogen) atoms. The molecule has 0 fully saturated rings. The lowest BCUT2D eigenvalue weighted by Crippen LogP contribution is -2.32. The van der Waals surface area contributed by atoms with Crippen molar-refractivity contribution in [1.82, 2.24) is 5.32 Å². The number of hydrogen-bond donors (Lipinski definition) is 2. The number of nitrogens with one attached hydrogen (secondary N) is 2. The number of carbonyl (C=O) groups excluding carboxylic acids is 1. The van der Waals surface area contributed by atoms with E-state index in [9.17, 15) is 17.6 Å². The monoisotopic (exact) mass is 398 g/mol. The number of anilines is 1. The summed E-state index contributed by atoms with van der Waals surface area (Å²) >= 11 is 6.05. The van der Waals surface area contributed by atoms with Crippen LogP contribution in [0.1, 0.15) is 37.0 Å². The molecule has 140 valence electrons. The summed E-state index contributed by atoms with van der Waals surface area (Å²) in [5, 5.41) is 2.91. The number of benzene rings is 2. The number of halogens is 2. The summed E-state index contributed by atoms with van der Waals surface area (Å²) < 4.78 is 40.9. The maximum atomic E-state index is 13.7. The molecule has 5 nitrogen and oxygen atoms in total. The second kappa shape index (κ2) is 8.51. The van der Waals surface area contributed by atoms with Crippen LogP contribution in [0.15, 0.2) is 47.4 Å². The van der Waals surface area contributed by atoms with Crippen molar-refractivity contribution in [1.29, 1.82) is 0 Å². The van der Waals surface area contributed by atoms with Crippen molar-refractivity contribution in [2.24, 2.45) is 0 Å². The van der Waals surface area contributed by atoms with E-state index in [4.69, 9.17) is 11.6 Å². The summed E-state index contributed by atoms with van der Waals surface area (Å²) in [5.41, 5.74) is -0.129. The van der Waals surface area contributed by atoms with Crippen LogP contribution in [-0.2, 0) is 10.0 Å². The van der Waals surface area contributed by atoms with Gasteiger partial charge in [-0.3, -0.25) is 9.52 Å². The Morgan fingerprint density at radius 3 is 2.58 bits per heavy atom. The first-order chi connectivity index (χ1) is 12.2. The zero-order valence-electron chi connectivity index (χ0n) is 14.4. The average molecular weight is 399 g/mol. The largest absolute Gasteiger partial charge is 0.350 e. The number of hydrogen-bond acceptors (Lipinski definition) is 3. The van der Waals surface area contributed by atoms with Gasteiger partial charge in [-0.05, 0) is 43.7 Å². The number of rotatable bonds is 7. The summed E-state index contributed by atoms with van der Waals surface area (Å²) in [6.07, 6.45) is 1.69. The van der Waals surface area contributed by atoms with Crippen LogP contribution in [0.3, 0.4) is 0 Å². The molecule has 0 spiro atoms. The standard InChI is InChI=1S/C18H20ClFN2O3S/c1-3-6-12(2)21-18(23)14-11-13(9-10-15(14)19)26(24,25)22-17-8-5-4-7-16(17)20/h4-5,7-12,22H,3,6H2,1-2H3,(H,21,23)/t12-/m1/s1. The Labute approximate surface area is 157 Å². The van der Waals surface area contributed by atoms with E-state index in [0.717, 1.165) is 18.9 Å². The van der Waals surface area contributed by atoms with Gasteiger partial charge in [0.1, 0.15) is 5.82 Å². The molecule has 0 heterocycles. The fourth-order valence-corrected chi connectivity index (χ4v) is 3.70. The third-order valence-corrected chi connectivity index (χ3v) is 5.40. The van der Waals surface area contributed by atoms with Gasteiger partial charge in [0.25, 0.3) is 15.9 Å². The van der Waals surface area contributed by atoms with Gasteiger partial charge >= 0.3 is 0 Å². The molecule has 0 bridgehead atoms. The Hall–Kier alpha value is -2.12. The topological polar surface area (TPSA) is 75.3 Å². The highest BCUT2D eigenvalue weighted by atomic mass is 35.5. The van der Waals surface area contributed by atoms with Gasteiger partial charge in [0.15, 0.2) is 0 Å². The molecule has 2 rings (SSSR count). The molecular formula is C18H20ClFN2O3S. The highest BCUT2D eigenvalue weighted by Crippen LogP contribution is 2.23. The molecule has 2 aromatic rings. The second-order valence-electron chi connectivity index (χ2n) is 5.89. The van der Waals surface area contributed by atoms with Gasteiger partial charge in [0.2, 0.25) is 0 Å². The van der Waals surface area contributed by atoms with Crippen LogP contribution in [0.5, 0.6) is 0 Å². The third-order valence-electron chi connectivity index (χ3n) is 3.71. The maximum Gasteiger partial charge on any atom is 0.262 e. The highest BCUT2D eigenvalue weighted by Gasteiger charge is 2.20. The number of amides is 1. The molecule has 0 aromatic heterocycles. The van der Waals surface area contributed by atoms with Crippen molar-refractivity contribution in [3.8, 4) is 0 Å². The van der Waals surface area contributed by atoms with Crippen molar-refractivity contribution in [3.63, 3.8) is 0 Å². The Morgan fingerprint density at radius 1 is 1.23 bits per heavy atom. The highest BCUT2D eigenvalue weighted by molar-refractivity contribution is 7.92. The van der Waals surface area contributed by atoms with Crippen LogP contribution in [0.4, 0.5) is 10.1 Å². The van der Waals surface area contributed by atoms with E-state index in [2.05, 4.69) is 10.0 Å². The molecule has 0 saturated heterocycles. The molecular weight excluding hydrogens is 379 g/mol. The van der Waals surface area contributed by atoms with Gasteiger partial charge in [0, 0.05) is 6.04 Å². The van der Waals surface area contributed by atoms with Gasteiger partial charge in [-0.2, -0.15) is 0 Å². The lowest BCUT2D eigenvalue weighted by Gasteiger charge is -2.15. The first kappa shape index (κ1) is 20.2. The Morgan fingerprint density at radius 2 is 1.92 bits per heavy atom. The molecule has 2 aromatic carbocycles. The van der Waals surface area contributed by atoms with Crippen molar-refractivity contribution >= 4 is 33.2 Å². The van der Waals surface area contributed by atoms with Gasteiger partial charge in [-0.15, -0.1) is 0 Å². The maximum absolute atomic E-state index is 13.7. The normalized spacial score (nSPS) is 12.5. The number of sulfonamides is 1. The summed E-state index contributed by atoms with van der Waals surface area (Å²) in [5.74, 6) is -1.16. The van der Waals surface area contributed by atoms with E-state index >= 15 is 0 Å². The minimum atomic E-state index is -4.08. The minimum Gasteiger partial charge on any atom is -0.350 e. The molecule has 0 saturated carbocycles. The molecule has 1 atom stereocenters. The zero-order chi connectivity index (χ0) is 19.3. The number of para-hydroxylation sites is 1. The molecule has 1 amide bonds. The molecule has 0 aliphatic carbocycles. The quantitative estimate of drug-likeness (QED) is 0.734. The summed E-state index contributed by atoms with van der Waals surface area (Å²) in [6.45, 7) is 3.85. The Kier molecular flexibility index (Phi) is 6.61. The van der Waals surface area contributed by atoms with E-state index in [1.807, 2.05) is 13.8 Å². The van der Waals surface area contributed by atoms with Crippen LogP contribution >= 0.6 is 11.6 Å². The van der Waals surface area contributed by atoms with E-state index in [1.165, 1.54) is 36.4 Å². The van der Waals surface area contributed by atoms with E-state index < -0.39 is 21.7 Å². The van der Waals surface area contributed by atoms with E-state index in [1.54, 1.807) is 0 Å². The predicted molar refractivity (Wildman–Crippen MR) is 100 cm³/mol. The fourth-order valence-electron chi connectivity index (χ4n) is 2.40. The van der Waals surface area contributed by atoms with Crippen molar-refractivity contribution in [2.75, 3.05) is 4.72 Å². The smallest absolute Gasteiger partial charge is 0.262 e. The first-order valence-corrected chi connectivity index (χ1v) is 9.98. The van der Waals surface area contributed by atoms with Crippen LogP contribution in [0.25, 0.3) is 0 Å². The summed E-state index contributed by atoms with van der Waals surface area (Å²) in [6, 6.07) is 9.12. The van der Waals surface area contributed by atoms with Gasteiger partial charge in [-0.1, -0.05) is 37.1 Å². The van der Waals surface area contributed by atoms with Gasteiger partial charge in [-0.25, -0.2) is 12.8 Å². The van der Waals surface area contributed by atoms with E-state index in [0.29, 0.717) is 0 Å². The predicted octanol–water partition coefficient (Wildman–Crippen LogP) is 4.20. The van der Waals surface area contributed by atoms with E-state index in [-0.39, 0.29) is 27.2 Å². The van der Waals surface area contributed by atoms with Crippen LogP contribution in [0, 0.1) is 5.82 Å². The number of carbonyl (C=O) groups is 1. The average Bonchev–Trinajstić information content (AvgIpc) is 2.57. The minimum absolute atomic E-state index is 0.0472. The first-order valence-electron chi connectivity index (χ1n) is 8.12. The molecule has 0 aliphatic rings. The van der Waals surface area contributed by atoms with Gasteiger partial charge in [0.05, 0.1) is 21.2 Å². The second-order valence-corrected chi connectivity index (χ2v) is 7.98. The van der Waals surface area contributed by atoms with Crippen molar-refractivity contribution in [3.05, 3.63) is 58.9 Å². The molecule has 8 heteroatoms. The van der Waals surface area contributed by atoms with Crippen molar-refractivity contribution < 1.29 is 17.6 Å². The van der Waals surface area contributed by atoms with Crippen LogP contribution in [-0.4, -0.2) is 20.4 Å². The lowest BCUT2D eigenvalue weighted by molar-refractivity contribution is 0.0938. The summed E-state index contributed by atoms with van der Waals surface area (Å²) in [4.78, 5) is 12.2. The lowest BCUT2D eigenvalue weighted by atomic mass is 10.1. The summed E-state index contributed by atoms with van der Waals surface area (Å²) in [7, 11) is -4.08. The molecule has 0 radical (unpaired) electrons. The SMILES string of the molecule is CCC[C@@H](C)NC(=O)c1cc(S(=O)(=O)Nc2ccccc2F)ccc1Cl. The van der Waals surface area contributed by atoms with Crippen LogP contribution < -0.4 is 10.0 Å². The molecule has 2 N–H and O–H groups in total. The van der Waals surface area contributed by atoms with Crippen LogP contribution in [0.2, 0.25) is 5.02 Å². The van der Waals surface area contributed by atoms with Gasteiger partial charge < -0.3 is 5.32 Å². The fraction of sp³-hybridized carbons (Fsp3) is 0.278. The Balaban J connectivity index is 2.30. The Bertz CT molecular complexity index is 903. The zero-order valence-corrected chi connectivity index (χ0v) is 16.0.